The molecular weight excluding hydrogens is 179 g/mol. The quantitative estimate of drug-likeness (QED) is 0.543. The molecule has 0 aliphatic rings. The van der Waals surface area contributed by atoms with Gasteiger partial charge in [0.15, 0.2) is 0 Å². The number of carbonyl (C=O) groups excluding carboxylic acids is 2. The molecule has 0 aromatic heterocycles. The van der Waals surface area contributed by atoms with Crippen LogP contribution in [0.1, 0.15) is 12.8 Å². The largest absolute Gasteiger partial charge is 0.370 e. The Morgan fingerprint density at radius 2 is 1.33 bits per heavy atom. The zero-order valence-electron chi connectivity index (χ0n) is 6.71. The molecule has 0 radical (unpaired) electrons. The zero-order chi connectivity index (χ0) is 9.56. The van der Waals surface area contributed by atoms with Crippen LogP contribution >= 0.6 is 7.80 Å². The van der Waals surface area contributed by atoms with E-state index in [0.29, 0.717) is 0 Å². The second kappa shape index (κ2) is 5.77. The van der Waals surface area contributed by atoms with Gasteiger partial charge in [-0.05, 0) is 0 Å². The van der Waals surface area contributed by atoms with Crippen molar-refractivity contribution in [3.8, 4) is 0 Å². The summed E-state index contributed by atoms with van der Waals surface area (Å²) in [6.07, 6.45) is 0.813. The van der Waals surface area contributed by atoms with Gasteiger partial charge in [-0.1, -0.05) is 0 Å². The molecule has 0 unspecified atom stereocenters. The van der Waals surface area contributed by atoms with Gasteiger partial charge in [0.05, 0.1) is 7.80 Å². The fraction of sp³-hybridized carbons (Fsp3) is 0.667. The highest BCUT2D eigenvalue weighted by Gasteiger charge is 2.04. The summed E-state index contributed by atoms with van der Waals surface area (Å²) in [5.41, 5.74) is 9.69. The van der Waals surface area contributed by atoms with Crippen LogP contribution in [-0.2, 0) is 14.2 Å². The molecule has 0 aliphatic carbocycles. The molecule has 0 aliphatic heterocycles. The third-order valence-corrected chi connectivity index (χ3v) is 2.92. The standard InChI is InChI=1S/C6H13N2O3P/c7-5(9)1-3-12(11)4-2-6(8)10/h12H,1-4H2,(H2,7,9)(H2,8,10). The van der Waals surface area contributed by atoms with Crippen LogP contribution in [0.5, 0.6) is 0 Å². The van der Waals surface area contributed by atoms with E-state index in [1.165, 1.54) is 0 Å². The van der Waals surface area contributed by atoms with Crippen LogP contribution in [0.4, 0.5) is 0 Å². The Bertz CT molecular complexity index is 185. The smallest absolute Gasteiger partial charge is 0.217 e. The minimum absolute atomic E-state index is 0.122. The first-order valence-corrected chi connectivity index (χ1v) is 5.43. The van der Waals surface area contributed by atoms with Gasteiger partial charge in [0.1, 0.15) is 0 Å². The maximum absolute atomic E-state index is 11.0. The monoisotopic (exact) mass is 192 g/mol. The minimum Gasteiger partial charge on any atom is -0.370 e. The summed E-state index contributed by atoms with van der Waals surface area (Å²) in [5, 5.41) is 0. The van der Waals surface area contributed by atoms with E-state index in [1.807, 2.05) is 0 Å². The third-order valence-electron chi connectivity index (χ3n) is 1.30. The molecule has 0 fully saturated rings. The lowest BCUT2D eigenvalue weighted by atomic mass is 10.5. The number of primary amides is 2. The van der Waals surface area contributed by atoms with Crippen molar-refractivity contribution in [2.45, 2.75) is 12.8 Å². The van der Waals surface area contributed by atoms with Gasteiger partial charge in [-0.15, -0.1) is 0 Å². The average molecular weight is 192 g/mol. The highest BCUT2D eigenvalue weighted by Crippen LogP contribution is 2.21. The predicted octanol–water partition coefficient (Wildman–Crippen LogP) is -0.703. The van der Waals surface area contributed by atoms with Crippen molar-refractivity contribution in [1.29, 1.82) is 0 Å². The first kappa shape index (κ1) is 11.2. The normalized spacial score (nSPS) is 10.1. The highest BCUT2D eigenvalue weighted by atomic mass is 31.1. The molecule has 5 nitrogen and oxygen atoms in total. The van der Waals surface area contributed by atoms with Gasteiger partial charge in [0, 0.05) is 25.2 Å². The van der Waals surface area contributed by atoms with Gasteiger partial charge >= 0.3 is 0 Å². The number of amides is 2. The van der Waals surface area contributed by atoms with Gasteiger partial charge < -0.3 is 16.0 Å². The third kappa shape index (κ3) is 7.28. The van der Waals surface area contributed by atoms with Crippen molar-refractivity contribution in [2.24, 2.45) is 11.5 Å². The first-order valence-electron chi connectivity index (χ1n) is 3.60. The Morgan fingerprint density at radius 3 is 1.58 bits per heavy atom. The van der Waals surface area contributed by atoms with Crippen molar-refractivity contribution in [3.05, 3.63) is 0 Å². The van der Waals surface area contributed by atoms with Gasteiger partial charge in [-0.25, -0.2) is 0 Å². The molecule has 6 heteroatoms. The van der Waals surface area contributed by atoms with Crippen LogP contribution in [0, 0.1) is 0 Å². The summed E-state index contributed by atoms with van der Waals surface area (Å²) >= 11 is 0. The number of rotatable bonds is 6. The fourth-order valence-electron chi connectivity index (χ4n) is 0.650. The molecule has 0 aromatic carbocycles. The SMILES string of the molecule is NC(=O)CC[PH](=O)CCC(N)=O. The summed E-state index contributed by atoms with van der Waals surface area (Å²) < 4.78 is 11.0. The van der Waals surface area contributed by atoms with Crippen LogP contribution in [0.3, 0.4) is 0 Å². The number of nitrogens with two attached hydrogens (primary N) is 2. The molecule has 0 aromatic rings. The fourth-order valence-corrected chi connectivity index (χ4v) is 1.95. The summed E-state index contributed by atoms with van der Waals surface area (Å²) in [7, 11) is -1.83. The summed E-state index contributed by atoms with van der Waals surface area (Å²) in [6.45, 7) is 0. The Hall–Kier alpha value is -0.830. The molecule has 0 heterocycles. The Morgan fingerprint density at radius 1 is 1.00 bits per heavy atom. The maximum Gasteiger partial charge on any atom is 0.217 e. The van der Waals surface area contributed by atoms with E-state index in [-0.39, 0.29) is 25.2 Å². The van der Waals surface area contributed by atoms with E-state index in [4.69, 9.17) is 11.5 Å². The second-order valence-electron chi connectivity index (χ2n) is 2.47. The van der Waals surface area contributed by atoms with Gasteiger partial charge in [0.25, 0.3) is 0 Å². The van der Waals surface area contributed by atoms with E-state index in [1.54, 1.807) is 0 Å². The maximum atomic E-state index is 11.0. The van der Waals surface area contributed by atoms with Crippen molar-refractivity contribution in [2.75, 3.05) is 12.3 Å². The van der Waals surface area contributed by atoms with Gasteiger partial charge in [0.2, 0.25) is 11.8 Å². The second-order valence-corrected chi connectivity index (χ2v) is 4.55. The average Bonchev–Trinajstić information content (AvgIpc) is 1.96. The van der Waals surface area contributed by atoms with Crippen LogP contribution in [0.15, 0.2) is 0 Å². The Balaban J connectivity index is 3.47. The lowest BCUT2D eigenvalue weighted by Gasteiger charge is -1.97. The molecule has 0 atom stereocenters. The van der Waals surface area contributed by atoms with E-state index in [0.717, 1.165) is 0 Å². The lowest BCUT2D eigenvalue weighted by Crippen LogP contribution is -2.13. The van der Waals surface area contributed by atoms with Gasteiger partial charge in [-0.2, -0.15) is 0 Å². The number of hydrogen-bond donors (Lipinski definition) is 2. The van der Waals surface area contributed by atoms with E-state index in [2.05, 4.69) is 0 Å². The van der Waals surface area contributed by atoms with Gasteiger partial charge in [-0.3, -0.25) is 9.59 Å². The van der Waals surface area contributed by atoms with E-state index in [9.17, 15) is 14.2 Å². The molecule has 0 spiro atoms. The van der Waals surface area contributed by atoms with Crippen molar-refractivity contribution in [3.63, 3.8) is 0 Å². The zero-order valence-corrected chi connectivity index (χ0v) is 7.71. The van der Waals surface area contributed by atoms with E-state index >= 15 is 0 Å². The predicted molar refractivity (Wildman–Crippen MR) is 46.4 cm³/mol. The highest BCUT2D eigenvalue weighted by molar-refractivity contribution is 7.44. The minimum atomic E-state index is -1.83. The molecule has 0 rings (SSSR count). The lowest BCUT2D eigenvalue weighted by molar-refractivity contribution is -0.118. The number of hydrogen-bond acceptors (Lipinski definition) is 3. The molecule has 0 saturated carbocycles. The molecule has 2 amide bonds. The number of carbonyl (C=O) groups is 2. The summed E-state index contributed by atoms with van der Waals surface area (Å²) in [4.78, 5) is 20.5. The van der Waals surface area contributed by atoms with E-state index < -0.39 is 19.6 Å². The molecule has 0 bridgehead atoms. The van der Waals surface area contributed by atoms with Crippen molar-refractivity contribution in [1.82, 2.24) is 0 Å². The molecular formula is C6H13N2O3P. The molecule has 12 heavy (non-hydrogen) atoms. The van der Waals surface area contributed by atoms with Crippen LogP contribution in [-0.4, -0.2) is 24.1 Å². The Labute approximate surface area is 71.3 Å². The van der Waals surface area contributed by atoms with Crippen LogP contribution in [0.2, 0.25) is 0 Å². The summed E-state index contributed by atoms with van der Waals surface area (Å²) in [5.74, 6) is -0.931. The molecule has 70 valence electrons. The van der Waals surface area contributed by atoms with Crippen molar-refractivity contribution >= 4 is 19.6 Å². The van der Waals surface area contributed by atoms with Crippen LogP contribution < -0.4 is 11.5 Å². The van der Waals surface area contributed by atoms with Crippen LogP contribution in [0.25, 0.3) is 0 Å². The first-order chi connectivity index (χ1) is 5.52. The molecule has 0 saturated heterocycles. The summed E-state index contributed by atoms with van der Waals surface area (Å²) in [6, 6.07) is 0. The topological polar surface area (TPSA) is 103 Å². The molecule has 4 N–H and O–H groups in total. The van der Waals surface area contributed by atoms with Crippen molar-refractivity contribution < 1.29 is 14.2 Å². The Kier molecular flexibility index (Phi) is 5.37.